The maximum absolute atomic E-state index is 12.9. The van der Waals surface area contributed by atoms with Gasteiger partial charge in [-0.05, 0) is 68.3 Å². The van der Waals surface area contributed by atoms with Crippen LogP contribution in [0.2, 0.25) is 0 Å². The number of aliphatic imine (C=N–C) groups is 1. The monoisotopic (exact) mass is 524 g/mol. The summed E-state index contributed by atoms with van der Waals surface area (Å²) in [4.78, 5) is 7.90. The minimum Gasteiger partial charge on any atom is -0.383 e. The number of halogens is 2. The van der Waals surface area contributed by atoms with Crippen molar-refractivity contribution in [3.05, 3.63) is 30.1 Å². The van der Waals surface area contributed by atoms with Crippen molar-refractivity contribution in [2.75, 3.05) is 59.2 Å². The van der Waals surface area contributed by atoms with Gasteiger partial charge in [0.05, 0.1) is 6.61 Å². The number of thioether (sulfide) groups is 1. The number of likely N-dealkylation sites (tertiary alicyclic amines) is 1. The van der Waals surface area contributed by atoms with E-state index in [2.05, 4.69) is 20.5 Å². The van der Waals surface area contributed by atoms with Gasteiger partial charge in [-0.1, -0.05) is 0 Å². The Morgan fingerprint density at radius 3 is 2.61 bits per heavy atom. The number of piperidine rings is 1. The molecule has 0 aromatic heterocycles. The van der Waals surface area contributed by atoms with Crippen LogP contribution in [0.5, 0.6) is 0 Å². The highest BCUT2D eigenvalue weighted by Gasteiger charge is 2.18. The first-order valence-electron chi connectivity index (χ1n) is 9.75. The Balaban J connectivity index is 0.00000392. The Morgan fingerprint density at radius 2 is 1.96 bits per heavy atom. The Hall–Kier alpha value is -0.580. The molecule has 28 heavy (non-hydrogen) atoms. The maximum Gasteiger partial charge on any atom is 0.190 e. The van der Waals surface area contributed by atoms with E-state index in [1.165, 1.54) is 25.0 Å². The van der Waals surface area contributed by atoms with Gasteiger partial charge in [-0.25, -0.2) is 4.39 Å². The summed E-state index contributed by atoms with van der Waals surface area (Å²) < 4.78 is 18.0. The van der Waals surface area contributed by atoms with Crippen LogP contribution in [0.4, 0.5) is 4.39 Å². The molecule has 1 aromatic rings. The third-order valence-corrected chi connectivity index (χ3v) is 5.89. The van der Waals surface area contributed by atoms with Gasteiger partial charge in [-0.2, -0.15) is 0 Å². The number of hydrogen-bond donors (Lipinski definition) is 2. The van der Waals surface area contributed by atoms with Gasteiger partial charge in [-0.15, -0.1) is 35.7 Å². The van der Waals surface area contributed by atoms with Crippen molar-refractivity contribution in [2.24, 2.45) is 10.9 Å². The summed E-state index contributed by atoms with van der Waals surface area (Å²) in [6.07, 6.45) is 3.48. The van der Waals surface area contributed by atoms with E-state index in [1.54, 1.807) is 18.9 Å². The number of methoxy groups -OCH3 is 1. The largest absolute Gasteiger partial charge is 0.383 e. The van der Waals surface area contributed by atoms with Gasteiger partial charge >= 0.3 is 0 Å². The lowest BCUT2D eigenvalue weighted by atomic mass is 9.97. The van der Waals surface area contributed by atoms with Gasteiger partial charge in [-0.3, -0.25) is 4.99 Å². The highest BCUT2D eigenvalue weighted by atomic mass is 127. The third kappa shape index (κ3) is 10.3. The van der Waals surface area contributed by atoms with Crippen molar-refractivity contribution < 1.29 is 9.13 Å². The molecule has 0 bridgehead atoms. The second-order valence-corrected chi connectivity index (χ2v) is 7.98. The van der Waals surface area contributed by atoms with E-state index < -0.39 is 0 Å². The molecule has 1 heterocycles. The quantitative estimate of drug-likeness (QED) is 0.162. The predicted octanol–water partition coefficient (Wildman–Crippen LogP) is 3.45. The predicted molar refractivity (Wildman–Crippen MR) is 128 cm³/mol. The molecular weight excluding hydrogens is 490 g/mol. The maximum atomic E-state index is 12.9. The number of rotatable bonds is 10. The van der Waals surface area contributed by atoms with Crippen LogP contribution in [0.15, 0.2) is 34.2 Å². The number of guanidine groups is 1. The molecule has 5 nitrogen and oxygen atoms in total. The van der Waals surface area contributed by atoms with E-state index in [0.29, 0.717) is 5.92 Å². The normalized spacial score (nSPS) is 15.9. The molecule has 0 saturated carbocycles. The van der Waals surface area contributed by atoms with Gasteiger partial charge in [0.25, 0.3) is 0 Å². The highest BCUT2D eigenvalue weighted by Crippen LogP contribution is 2.18. The fourth-order valence-corrected chi connectivity index (χ4v) is 3.95. The van der Waals surface area contributed by atoms with E-state index in [4.69, 9.17) is 4.74 Å². The molecule has 2 rings (SSSR count). The lowest BCUT2D eigenvalue weighted by molar-refractivity contribution is 0.121. The van der Waals surface area contributed by atoms with Crippen LogP contribution in [0.1, 0.15) is 19.3 Å². The molecule has 1 aromatic carbocycles. The lowest BCUT2D eigenvalue weighted by Gasteiger charge is -2.32. The Bertz CT molecular complexity index is 554. The molecule has 0 unspecified atom stereocenters. The van der Waals surface area contributed by atoms with Gasteiger partial charge in [0.2, 0.25) is 0 Å². The van der Waals surface area contributed by atoms with Crippen LogP contribution >= 0.6 is 35.7 Å². The van der Waals surface area contributed by atoms with Crippen molar-refractivity contribution in [1.29, 1.82) is 0 Å². The topological polar surface area (TPSA) is 48.9 Å². The molecule has 0 amide bonds. The zero-order valence-electron chi connectivity index (χ0n) is 17.0. The molecule has 1 aliphatic rings. The number of hydrogen-bond acceptors (Lipinski definition) is 4. The summed E-state index contributed by atoms with van der Waals surface area (Å²) in [7, 11) is 3.58. The zero-order valence-corrected chi connectivity index (χ0v) is 20.1. The smallest absolute Gasteiger partial charge is 0.190 e. The summed E-state index contributed by atoms with van der Waals surface area (Å²) in [5.74, 6) is 2.40. The molecule has 0 atom stereocenters. The highest BCUT2D eigenvalue weighted by molar-refractivity contribution is 14.0. The van der Waals surface area contributed by atoms with Crippen molar-refractivity contribution in [2.45, 2.75) is 24.2 Å². The average Bonchev–Trinajstić information content (AvgIpc) is 2.70. The van der Waals surface area contributed by atoms with Crippen LogP contribution in [0.25, 0.3) is 0 Å². The van der Waals surface area contributed by atoms with Crippen LogP contribution < -0.4 is 10.6 Å². The Kier molecular flexibility index (Phi) is 13.9. The first-order chi connectivity index (χ1) is 13.2. The van der Waals surface area contributed by atoms with E-state index in [-0.39, 0.29) is 29.8 Å². The minimum absolute atomic E-state index is 0. The Labute approximate surface area is 190 Å². The number of nitrogens with zero attached hydrogens (tertiary/aromatic N) is 2. The van der Waals surface area contributed by atoms with Crippen molar-refractivity contribution in [1.82, 2.24) is 15.5 Å². The zero-order chi connectivity index (χ0) is 19.3. The standard InChI is InChI=1S/C20H33FN4OS.HI/c1-22-20(23-10-3-15-27-19-6-4-18(21)5-7-19)24-16-17-8-11-25(12-9-17)13-14-26-2;/h4-7,17H,3,8-16H2,1-2H3,(H2,22,23,24);1H. The first-order valence-corrected chi connectivity index (χ1v) is 10.7. The molecule has 0 aliphatic carbocycles. The number of ether oxygens (including phenoxy) is 1. The van der Waals surface area contributed by atoms with E-state index >= 15 is 0 Å². The fourth-order valence-electron chi connectivity index (χ4n) is 3.10. The molecule has 8 heteroatoms. The third-order valence-electron chi connectivity index (χ3n) is 4.80. The van der Waals surface area contributed by atoms with Crippen molar-refractivity contribution >= 4 is 41.7 Å². The molecule has 0 radical (unpaired) electrons. The van der Waals surface area contributed by atoms with Crippen LogP contribution in [-0.2, 0) is 4.74 Å². The second-order valence-electron chi connectivity index (χ2n) is 6.81. The molecular formula is C20H34FIN4OS. The van der Waals surface area contributed by atoms with Gasteiger partial charge < -0.3 is 20.3 Å². The fraction of sp³-hybridized carbons (Fsp3) is 0.650. The molecule has 160 valence electrons. The van der Waals surface area contributed by atoms with Gasteiger partial charge in [0.15, 0.2) is 5.96 Å². The van der Waals surface area contributed by atoms with Crippen LogP contribution in [0.3, 0.4) is 0 Å². The number of nitrogens with one attached hydrogen (secondary N) is 2. The van der Waals surface area contributed by atoms with Gasteiger partial charge in [0, 0.05) is 38.7 Å². The summed E-state index contributed by atoms with van der Waals surface area (Å²) in [6, 6.07) is 6.67. The van der Waals surface area contributed by atoms with E-state index in [0.717, 1.165) is 62.4 Å². The van der Waals surface area contributed by atoms with Crippen LogP contribution in [0, 0.1) is 11.7 Å². The van der Waals surface area contributed by atoms with E-state index in [1.807, 2.05) is 19.2 Å². The Morgan fingerprint density at radius 1 is 1.25 bits per heavy atom. The van der Waals surface area contributed by atoms with Crippen molar-refractivity contribution in [3.63, 3.8) is 0 Å². The molecule has 2 N–H and O–H groups in total. The van der Waals surface area contributed by atoms with Gasteiger partial charge in [0.1, 0.15) is 5.82 Å². The molecule has 1 fully saturated rings. The SMILES string of the molecule is CN=C(NCCCSc1ccc(F)cc1)NCC1CCN(CCOC)CC1.I. The number of benzene rings is 1. The summed E-state index contributed by atoms with van der Waals surface area (Å²) >= 11 is 1.75. The minimum atomic E-state index is -0.184. The average molecular weight is 524 g/mol. The van der Waals surface area contributed by atoms with Crippen LogP contribution in [-0.4, -0.2) is 70.1 Å². The summed E-state index contributed by atoms with van der Waals surface area (Å²) in [6.45, 7) is 6.02. The molecule has 0 spiro atoms. The molecule has 1 aliphatic heterocycles. The summed E-state index contributed by atoms with van der Waals surface area (Å²) in [5.41, 5.74) is 0. The first kappa shape index (κ1) is 25.5. The van der Waals surface area contributed by atoms with Crippen molar-refractivity contribution in [3.8, 4) is 0 Å². The molecule has 1 saturated heterocycles. The lowest BCUT2D eigenvalue weighted by Crippen LogP contribution is -2.43. The van der Waals surface area contributed by atoms with E-state index in [9.17, 15) is 4.39 Å². The summed E-state index contributed by atoms with van der Waals surface area (Å²) in [5, 5.41) is 6.84. The second kappa shape index (κ2) is 15.3.